The quantitative estimate of drug-likeness (QED) is 0.483. The lowest BCUT2D eigenvalue weighted by atomic mass is 10.0. The van der Waals surface area contributed by atoms with Gasteiger partial charge in [0.05, 0.1) is 17.8 Å². The van der Waals surface area contributed by atoms with Crippen LogP contribution >= 0.6 is 23.8 Å². The average Bonchev–Trinajstić information content (AvgIpc) is 2.62. The fraction of sp³-hybridized carbons (Fsp3) is 0.150. The van der Waals surface area contributed by atoms with E-state index in [9.17, 15) is 9.59 Å². The molecule has 2 amide bonds. The summed E-state index contributed by atoms with van der Waals surface area (Å²) < 4.78 is 5.12. The number of nitrogens with zero attached hydrogens (tertiary/aromatic N) is 1. The van der Waals surface area contributed by atoms with Gasteiger partial charge in [-0.25, -0.2) is 0 Å². The number of carbonyl (C=O) groups excluding carboxylic acids is 2. The highest BCUT2D eigenvalue weighted by Crippen LogP contribution is 2.29. The summed E-state index contributed by atoms with van der Waals surface area (Å²) in [5, 5.41) is 3.03. The Bertz CT molecular complexity index is 1000. The number of halogens is 1. The Morgan fingerprint density at radius 3 is 2.59 bits per heavy atom. The number of nitrogens with one attached hydrogen (secondary N) is 1. The molecule has 1 aliphatic rings. The first-order chi connectivity index (χ1) is 12.8. The zero-order valence-corrected chi connectivity index (χ0v) is 16.6. The van der Waals surface area contributed by atoms with Crippen LogP contribution < -0.4 is 15.0 Å². The van der Waals surface area contributed by atoms with E-state index < -0.39 is 11.8 Å². The van der Waals surface area contributed by atoms with Crippen molar-refractivity contribution in [2.75, 3.05) is 12.0 Å². The molecule has 0 unspecified atom stereocenters. The zero-order chi connectivity index (χ0) is 19.7. The first kappa shape index (κ1) is 19.1. The first-order valence-corrected chi connectivity index (χ1v) is 8.93. The maximum Gasteiger partial charge on any atom is 0.270 e. The molecule has 0 aliphatic carbocycles. The molecule has 0 saturated carbocycles. The lowest BCUT2D eigenvalue weighted by Gasteiger charge is -2.30. The molecule has 1 N–H and O–H groups in total. The van der Waals surface area contributed by atoms with Crippen LogP contribution in [-0.2, 0) is 9.59 Å². The molecule has 7 heteroatoms. The largest absolute Gasteiger partial charge is 0.495 e. The van der Waals surface area contributed by atoms with Crippen molar-refractivity contribution in [3.8, 4) is 5.75 Å². The van der Waals surface area contributed by atoms with Crippen LogP contribution in [0.5, 0.6) is 5.75 Å². The Labute approximate surface area is 167 Å². The Balaban J connectivity index is 2.05. The van der Waals surface area contributed by atoms with Gasteiger partial charge in [-0.1, -0.05) is 29.8 Å². The van der Waals surface area contributed by atoms with E-state index in [0.29, 0.717) is 22.0 Å². The summed E-state index contributed by atoms with van der Waals surface area (Å²) in [6, 6.07) is 10.6. The molecule has 5 nitrogen and oxygen atoms in total. The number of benzene rings is 2. The van der Waals surface area contributed by atoms with E-state index in [4.69, 9.17) is 28.6 Å². The Morgan fingerprint density at radius 1 is 1.19 bits per heavy atom. The van der Waals surface area contributed by atoms with Gasteiger partial charge >= 0.3 is 0 Å². The van der Waals surface area contributed by atoms with Gasteiger partial charge in [0.15, 0.2) is 5.11 Å². The monoisotopic (exact) mass is 400 g/mol. The highest BCUT2D eigenvalue weighted by atomic mass is 35.5. The normalized spacial score (nSPS) is 15.9. The summed E-state index contributed by atoms with van der Waals surface area (Å²) in [5.74, 6) is -0.515. The molecule has 1 aliphatic heterocycles. The van der Waals surface area contributed by atoms with Crippen LogP contribution in [0.15, 0.2) is 42.0 Å². The molecule has 0 bridgehead atoms. The molecule has 27 heavy (non-hydrogen) atoms. The van der Waals surface area contributed by atoms with Crippen molar-refractivity contribution in [2.45, 2.75) is 13.8 Å². The van der Waals surface area contributed by atoms with E-state index in [2.05, 4.69) is 5.32 Å². The molecule has 1 heterocycles. The molecule has 2 aromatic rings. The number of thiocarbonyl (C=S) groups is 1. The molecule has 1 saturated heterocycles. The topological polar surface area (TPSA) is 58.6 Å². The van der Waals surface area contributed by atoms with E-state index in [-0.39, 0.29) is 10.7 Å². The smallest absolute Gasteiger partial charge is 0.270 e. The second kappa shape index (κ2) is 7.50. The fourth-order valence-corrected chi connectivity index (χ4v) is 3.33. The Hall–Kier alpha value is -2.70. The molecule has 0 radical (unpaired) electrons. The van der Waals surface area contributed by atoms with Crippen molar-refractivity contribution >= 4 is 52.5 Å². The van der Waals surface area contributed by atoms with E-state index >= 15 is 0 Å². The van der Waals surface area contributed by atoms with Gasteiger partial charge in [0.2, 0.25) is 0 Å². The number of carbonyl (C=O) groups is 2. The summed E-state index contributed by atoms with van der Waals surface area (Å²) >= 11 is 11.4. The number of aryl methyl sites for hydroxylation is 1. The van der Waals surface area contributed by atoms with Gasteiger partial charge in [-0.05, 0) is 67.0 Å². The van der Waals surface area contributed by atoms with Crippen LogP contribution in [0.4, 0.5) is 5.69 Å². The SMILES string of the molecule is COc1ccc(/C=C2/C(=O)NC(=S)N(c3cccc(C)c3C)C2=O)cc1Cl. The maximum atomic E-state index is 13.1. The lowest BCUT2D eigenvalue weighted by molar-refractivity contribution is -0.122. The average molecular weight is 401 g/mol. The van der Waals surface area contributed by atoms with Crippen LogP contribution in [0.2, 0.25) is 5.02 Å². The predicted octanol–water partition coefficient (Wildman–Crippen LogP) is 3.80. The number of methoxy groups -OCH3 is 1. The van der Waals surface area contributed by atoms with E-state index in [1.54, 1.807) is 24.3 Å². The standard InChI is InChI=1S/C20H17ClN2O3S/c1-11-5-4-6-16(12(11)2)23-19(25)14(18(24)22-20(23)27)9-13-7-8-17(26-3)15(21)10-13/h4-10H,1-3H3,(H,22,24,27)/b14-9-. The molecule has 0 spiro atoms. The van der Waals surface area contributed by atoms with Gasteiger partial charge in [-0.15, -0.1) is 0 Å². The van der Waals surface area contributed by atoms with Gasteiger partial charge in [0, 0.05) is 0 Å². The number of ether oxygens (including phenoxy) is 1. The minimum Gasteiger partial charge on any atom is -0.495 e. The van der Waals surface area contributed by atoms with E-state index in [0.717, 1.165) is 11.1 Å². The van der Waals surface area contributed by atoms with Gasteiger partial charge < -0.3 is 4.74 Å². The van der Waals surface area contributed by atoms with Crippen molar-refractivity contribution in [3.63, 3.8) is 0 Å². The second-order valence-corrected chi connectivity index (χ2v) is 6.86. The van der Waals surface area contributed by atoms with Crippen LogP contribution in [0.3, 0.4) is 0 Å². The van der Waals surface area contributed by atoms with Crippen LogP contribution in [0.1, 0.15) is 16.7 Å². The summed E-state index contributed by atoms with van der Waals surface area (Å²) in [7, 11) is 1.51. The first-order valence-electron chi connectivity index (χ1n) is 8.14. The number of amides is 2. The number of hydrogen-bond acceptors (Lipinski definition) is 4. The molecule has 3 rings (SSSR count). The maximum absolute atomic E-state index is 13.1. The summed E-state index contributed by atoms with van der Waals surface area (Å²) in [5.41, 5.74) is 3.16. The minimum absolute atomic E-state index is 0.0225. The minimum atomic E-state index is -0.543. The number of rotatable bonds is 3. The third-order valence-electron chi connectivity index (χ3n) is 4.41. The number of hydrogen-bond donors (Lipinski definition) is 1. The zero-order valence-electron chi connectivity index (χ0n) is 15.0. The second-order valence-electron chi connectivity index (χ2n) is 6.07. The highest BCUT2D eigenvalue weighted by molar-refractivity contribution is 7.80. The van der Waals surface area contributed by atoms with Crippen molar-refractivity contribution in [1.82, 2.24) is 5.32 Å². The number of anilines is 1. The molecule has 0 aromatic heterocycles. The Morgan fingerprint density at radius 2 is 1.93 bits per heavy atom. The van der Waals surface area contributed by atoms with Crippen LogP contribution in [0, 0.1) is 13.8 Å². The summed E-state index contributed by atoms with van der Waals surface area (Å²) in [4.78, 5) is 26.8. The van der Waals surface area contributed by atoms with Crippen molar-refractivity contribution in [2.24, 2.45) is 0 Å². The third-order valence-corrected chi connectivity index (χ3v) is 4.99. The fourth-order valence-electron chi connectivity index (χ4n) is 2.79. The van der Waals surface area contributed by atoms with Gasteiger partial charge in [0.25, 0.3) is 11.8 Å². The highest BCUT2D eigenvalue weighted by Gasteiger charge is 2.35. The van der Waals surface area contributed by atoms with E-state index in [1.165, 1.54) is 18.1 Å². The molecular weight excluding hydrogens is 384 g/mol. The Kier molecular flexibility index (Phi) is 5.30. The molecule has 0 atom stereocenters. The molecule has 1 fully saturated rings. The predicted molar refractivity (Wildman–Crippen MR) is 110 cm³/mol. The van der Waals surface area contributed by atoms with Crippen LogP contribution in [0.25, 0.3) is 6.08 Å². The van der Waals surface area contributed by atoms with Gasteiger partial charge in [0.1, 0.15) is 11.3 Å². The van der Waals surface area contributed by atoms with Crippen molar-refractivity contribution in [1.29, 1.82) is 0 Å². The van der Waals surface area contributed by atoms with Crippen molar-refractivity contribution < 1.29 is 14.3 Å². The van der Waals surface area contributed by atoms with Gasteiger partial charge in [-0.3, -0.25) is 19.8 Å². The summed E-state index contributed by atoms with van der Waals surface area (Å²) in [6.45, 7) is 3.86. The molecular formula is C20H17ClN2O3S. The molecule has 138 valence electrons. The summed E-state index contributed by atoms with van der Waals surface area (Å²) in [6.07, 6.45) is 1.49. The third kappa shape index (κ3) is 3.59. The molecule has 2 aromatic carbocycles. The van der Waals surface area contributed by atoms with E-state index in [1.807, 2.05) is 26.0 Å². The van der Waals surface area contributed by atoms with Gasteiger partial charge in [-0.2, -0.15) is 0 Å². The van der Waals surface area contributed by atoms with Crippen LogP contribution in [-0.4, -0.2) is 24.0 Å². The lowest BCUT2D eigenvalue weighted by Crippen LogP contribution is -2.54. The van der Waals surface area contributed by atoms with Crippen molar-refractivity contribution in [3.05, 3.63) is 63.7 Å².